The number of rotatable bonds is 2. The highest BCUT2D eigenvalue weighted by Crippen LogP contribution is 2.42. The smallest absolute Gasteiger partial charge is 0.408 e. The highest BCUT2D eigenvalue weighted by atomic mass is 19.1. The molecule has 0 aliphatic carbocycles. The van der Waals surface area contributed by atoms with Gasteiger partial charge in [-0.1, -0.05) is 42.2 Å². The molecule has 2 atom stereocenters. The molecule has 5 heteroatoms. The van der Waals surface area contributed by atoms with Crippen LogP contribution in [0.5, 0.6) is 0 Å². The lowest BCUT2D eigenvalue weighted by Crippen LogP contribution is -2.31. The van der Waals surface area contributed by atoms with E-state index in [0.717, 1.165) is 11.1 Å². The number of amides is 1. The molecule has 0 unspecified atom stereocenters. The lowest BCUT2D eigenvalue weighted by molar-refractivity contribution is 0.0491. The average molecular weight is 372 g/mol. The molecule has 1 aliphatic rings. The number of cyclic esters (lactones) is 1. The van der Waals surface area contributed by atoms with Gasteiger partial charge in [0.1, 0.15) is 11.9 Å². The van der Waals surface area contributed by atoms with Gasteiger partial charge in [-0.15, -0.1) is 0 Å². The number of hydrogen-bond donors (Lipinski definition) is 1. The Balaban J connectivity index is 1.70. The van der Waals surface area contributed by atoms with Crippen molar-refractivity contribution in [3.05, 3.63) is 101 Å². The van der Waals surface area contributed by atoms with Crippen LogP contribution >= 0.6 is 0 Å². The van der Waals surface area contributed by atoms with Crippen molar-refractivity contribution in [2.75, 3.05) is 0 Å². The Bertz CT molecular complexity index is 1090. The number of carbonyl (C=O) groups is 1. The van der Waals surface area contributed by atoms with E-state index in [-0.39, 0.29) is 5.82 Å². The van der Waals surface area contributed by atoms with Gasteiger partial charge >= 0.3 is 6.09 Å². The normalized spacial score (nSPS) is 20.6. The average Bonchev–Trinajstić information content (AvgIpc) is 3.03. The van der Waals surface area contributed by atoms with Crippen LogP contribution in [0, 0.1) is 17.7 Å². The molecule has 1 amide bonds. The van der Waals surface area contributed by atoms with E-state index in [0.29, 0.717) is 11.1 Å². The molecular formula is C23H17FN2O2. The topological polar surface area (TPSA) is 51.2 Å². The fourth-order valence-corrected chi connectivity index (χ4v) is 3.31. The Labute approximate surface area is 162 Å². The van der Waals surface area contributed by atoms with E-state index in [1.807, 2.05) is 36.4 Å². The first-order chi connectivity index (χ1) is 13.5. The minimum Gasteiger partial charge on any atom is -0.436 e. The van der Waals surface area contributed by atoms with Crippen molar-refractivity contribution in [2.45, 2.75) is 18.6 Å². The first-order valence-electron chi connectivity index (χ1n) is 8.82. The Morgan fingerprint density at radius 1 is 1.04 bits per heavy atom. The number of alkyl carbamates (subject to hydrolysis) is 1. The Morgan fingerprint density at radius 2 is 1.82 bits per heavy atom. The number of nitrogens with one attached hydrogen (secondary N) is 1. The molecule has 4 nitrogen and oxygen atoms in total. The summed E-state index contributed by atoms with van der Waals surface area (Å²) in [6.07, 6.45) is 2.76. The second-order valence-corrected chi connectivity index (χ2v) is 6.71. The van der Waals surface area contributed by atoms with Crippen molar-refractivity contribution in [3.63, 3.8) is 0 Å². The molecule has 138 valence electrons. The number of hydrogen-bond acceptors (Lipinski definition) is 3. The zero-order valence-corrected chi connectivity index (χ0v) is 15.1. The summed E-state index contributed by atoms with van der Waals surface area (Å²) in [4.78, 5) is 16.3. The van der Waals surface area contributed by atoms with E-state index in [4.69, 9.17) is 4.74 Å². The van der Waals surface area contributed by atoms with Gasteiger partial charge in [0.25, 0.3) is 0 Å². The van der Waals surface area contributed by atoms with E-state index in [2.05, 4.69) is 22.1 Å². The number of pyridine rings is 1. The van der Waals surface area contributed by atoms with Crippen molar-refractivity contribution in [2.24, 2.45) is 0 Å². The van der Waals surface area contributed by atoms with Crippen LogP contribution in [-0.2, 0) is 10.3 Å². The fourth-order valence-electron chi connectivity index (χ4n) is 3.31. The van der Waals surface area contributed by atoms with Gasteiger partial charge in [0.05, 0.1) is 0 Å². The van der Waals surface area contributed by atoms with Crippen LogP contribution in [0.2, 0.25) is 0 Å². The summed E-state index contributed by atoms with van der Waals surface area (Å²) in [7, 11) is 0. The summed E-state index contributed by atoms with van der Waals surface area (Å²) in [5.41, 5.74) is 1.85. The third-order valence-corrected chi connectivity index (χ3v) is 4.73. The third kappa shape index (κ3) is 3.45. The maximum absolute atomic E-state index is 13.8. The van der Waals surface area contributed by atoms with Crippen LogP contribution in [-0.4, -0.2) is 11.1 Å². The molecule has 2 aromatic carbocycles. The van der Waals surface area contributed by atoms with Crippen molar-refractivity contribution in [3.8, 4) is 11.8 Å². The fraction of sp³-hybridized carbons (Fsp3) is 0.130. The Kier molecular flexibility index (Phi) is 4.54. The van der Waals surface area contributed by atoms with Gasteiger partial charge in [-0.25, -0.2) is 9.18 Å². The molecule has 0 saturated carbocycles. The highest BCUT2D eigenvalue weighted by Gasteiger charge is 2.47. The standard InChI is InChI=1S/C23H17FN2O2/c1-23(19-8-5-9-20(24)13-19)21(26-22(27)28-23)18-12-17(14-25-15-18)11-10-16-6-3-2-4-7-16/h2-9,12-15,21H,1H3,(H,26,27)/t21-,23+/m0/s1. The van der Waals surface area contributed by atoms with Crippen LogP contribution in [0.1, 0.15) is 35.2 Å². The molecule has 28 heavy (non-hydrogen) atoms. The number of carbonyl (C=O) groups excluding carboxylic acids is 1. The van der Waals surface area contributed by atoms with Gasteiger partial charge in [0, 0.05) is 29.1 Å². The Hall–Kier alpha value is -3.65. The molecule has 0 spiro atoms. The predicted molar refractivity (Wildman–Crippen MR) is 103 cm³/mol. The third-order valence-electron chi connectivity index (χ3n) is 4.73. The van der Waals surface area contributed by atoms with E-state index >= 15 is 0 Å². The molecular weight excluding hydrogens is 355 g/mol. The summed E-state index contributed by atoms with van der Waals surface area (Å²) in [6, 6.07) is 17.0. The number of benzene rings is 2. The van der Waals surface area contributed by atoms with E-state index in [9.17, 15) is 9.18 Å². The first-order valence-corrected chi connectivity index (χ1v) is 8.82. The van der Waals surface area contributed by atoms with Crippen LogP contribution in [0.25, 0.3) is 0 Å². The van der Waals surface area contributed by atoms with Gasteiger partial charge in [-0.3, -0.25) is 4.98 Å². The van der Waals surface area contributed by atoms with E-state index in [1.54, 1.807) is 31.5 Å². The van der Waals surface area contributed by atoms with Crippen LogP contribution in [0.4, 0.5) is 9.18 Å². The van der Waals surface area contributed by atoms with Crippen molar-refractivity contribution in [1.29, 1.82) is 0 Å². The van der Waals surface area contributed by atoms with Gasteiger partial charge < -0.3 is 10.1 Å². The maximum Gasteiger partial charge on any atom is 0.408 e. The molecule has 1 fully saturated rings. The quantitative estimate of drug-likeness (QED) is 0.682. The molecule has 1 saturated heterocycles. The van der Waals surface area contributed by atoms with Crippen molar-refractivity contribution in [1.82, 2.24) is 10.3 Å². The second-order valence-electron chi connectivity index (χ2n) is 6.71. The molecule has 0 bridgehead atoms. The molecule has 1 aromatic heterocycles. The van der Waals surface area contributed by atoms with Gasteiger partial charge in [0.2, 0.25) is 0 Å². The molecule has 1 aliphatic heterocycles. The summed E-state index contributed by atoms with van der Waals surface area (Å²) in [6.45, 7) is 1.76. The monoisotopic (exact) mass is 372 g/mol. The summed E-state index contributed by atoms with van der Waals surface area (Å²) in [5, 5.41) is 2.81. The lowest BCUT2D eigenvalue weighted by Gasteiger charge is -2.29. The number of nitrogens with zero attached hydrogens (tertiary/aromatic N) is 1. The minimum atomic E-state index is -1.06. The second kappa shape index (κ2) is 7.16. The minimum absolute atomic E-state index is 0.388. The Morgan fingerprint density at radius 3 is 2.61 bits per heavy atom. The van der Waals surface area contributed by atoms with Crippen LogP contribution < -0.4 is 5.32 Å². The number of halogens is 1. The predicted octanol–water partition coefficient (Wildman–Crippen LogP) is 4.32. The van der Waals surface area contributed by atoms with Crippen LogP contribution in [0.3, 0.4) is 0 Å². The molecule has 0 radical (unpaired) electrons. The molecule has 2 heterocycles. The number of ether oxygens (including phenoxy) is 1. The molecule has 3 aromatic rings. The number of aromatic nitrogens is 1. The zero-order chi connectivity index (χ0) is 19.6. The SMILES string of the molecule is C[C@]1(c2cccc(F)c2)OC(=O)N[C@H]1c1cncc(C#Cc2ccccc2)c1. The summed E-state index contributed by atoms with van der Waals surface area (Å²) in [5.74, 6) is 5.79. The zero-order valence-electron chi connectivity index (χ0n) is 15.1. The van der Waals surface area contributed by atoms with E-state index in [1.165, 1.54) is 12.1 Å². The summed E-state index contributed by atoms with van der Waals surface area (Å²) < 4.78 is 19.3. The maximum atomic E-state index is 13.8. The highest BCUT2D eigenvalue weighted by molar-refractivity contribution is 5.72. The van der Waals surface area contributed by atoms with Crippen molar-refractivity contribution >= 4 is 6.09 Å². The lowest BCUT2D eigenvalue weighted by atomic mass is 9.85. The van der Waals surface area contributed by atoms with Crippen molar-refractivity contribution < 1.29 is 13.9 Å². The molecule has 4 rings (SSSR count). The van der Waals surface area contributed by atoms with Gasteiger partial charge in [-0.2, -0.15) is 0 Å². The van der Waals surface area contributed by atoms with Crippen LogP contribution in [0.15, 0.2) is 73.1 Å². The van der Waals surface area contributed by atoms with E-state index < -0.39 is 17.7 Å². The molecule has 1 N–H and O–H groups in total. The first kappa shape index (κ1) is 17.7. The largest absolute Gasteiger partial charge is 0.436 e. The van der Waals surface area contributed by atoms with Gasteiger partial charge in [0.15, 0.2) is 5.60 Å². The van der Waals surface area contributed by atoms with Gasteiger partial charge in [-0.05, 0) is 42.8 Å². The summed E-state index contributed by atoms with van der Waals surface area (Å²) >= 11 is 0.